The second-order valence-electron chi connectivity index (χ2n) is 4.29. The van der Waals surface area contributed by atoms with Gasteiger partial charge in [-0.2, -0.15) is 0 Å². The van der Waals surface area contributed by atoms with Crippen LogP contribution < -0.4 is 11.1 Å². The first-order chi connectivity index (χ1) is 7.58. The summed E-state index contributed by atoms with van der Waals surface area (Å²) in [4.78, 5) is 11.1. The summed E-state index contributed by atoms with van der Waals surface area (Å²) >= 11 is 0. The van der Waals surface area contributed by atoms with E-state index >= 15 is 0 Å². The van der Waals surface area contributed by atoms with Gasteiger partial charge in [0.1, 0.15) is 5.75 Å². The van der Waals surface area contributed by atoms with Gasteiger partial charge in [-0.3, -0.25) is 4.79 Å². The van der Waals surface area contributed by atoms with E-state index in [1.807, 2.05) is 5.32 Å². The average Bonchev–Trinajstić information content (AvgIpc) is 2.12. The molecule has 0 radical (unpaired) electrons. The van der Waals surface area contributed by atoms with Crippen molar-refractivity contribution < 1.29 is 22.0 Å². The third-order valence-electron chi connectivity index (χ3n) is 1.78. The molecule has 102 valence electrons. The van der Waals surface area contributed by atoms with E-state index in [0.29, 0.717) is 0 Å². The lowest BCUT2D eigenvalue weighted by Crippen LogP contribution is -2.43. The Bertz CT molecular complexity index is 355. The highest BCUT2D eigenvalue weighted by Crippen LogP contribution is 2.08. The lowest BCUT2D eigenvalue weighted by molar-refractivity contribution is -0.120. The molecule has 0 fully saturated rings. The van der Waals surface area contributed by atoms with Gasteiger partial charge in [-0.15, -0.1) is 0 Å². The zero-order chi connectivity index (χ0) is 13.7. The number of amides is 1. The highest BCUT2D eigenvalue weighted by atomic mass is 32.2. The lowest BCUT2D eigenvalue weighted by Gasteiger charge is -2.14. The molecule has 0 aliphatic rings. The monoisotopic (exact) mass is 272 g/mol. The number of halogens is 2. The Morgan fingerprint density at radius 3 is 2.35 bits per heavy atom. The molecule has 0 heterocycles. The van der Waals surface area contributed by atoms with Crippen LogP contribution in [0.25, 0.3) is 0 Å². The molecule has 0 saturated heterocycles. The summed E-state index contributed by atoms with van der Waals surface area (Å²) in [7, 11) is -3.54. The van der Waals surface area contributed by atoms with E-state index in [9.17, 15) is 22.0 Å². The predicted octanol–water partition coefficient (Wildman–Crippen LogP) is -0.233. The van der Waals surface area contributed by atoms with Crippen molar-refractivity contribution in [3.8, 4) is 0 Å². The van der Waals surface area contributed by atoms with Gasteiger partial charge in [-0.1, -0.05) is 13.8 Å². The molecule has 0 rings (SSSR count). The molecule has 0 aromatic heterocycles. The number of nitrogens with one attached hydrogen (secondary N) is 1. The Balaban J connectivity index is 4.20. The van der Waals surface area contributed by atoms with E-state index in [4.69, 9.17) is 5.73 Å². The molecule has 8 heteroatoms. The SMILES string of the molecule is CC(C)CS(=O)(=O)CC(=O)NCC(F)(F)CN. The number of rotatable bonds is 7. The molecular formula is C9H18F2N2O3S. The second kappa shape index (κ2) is 6.25. The van der Waals surface area contributed by atoms with Crippen LogP contribution >= 0.6 is 0 Å². The van der Waals surface area contributed by atoms with Gasteiger partial charge in [-0.25, -0.2) is 17.2 Å². The van der Waals surface area contributed by atoms with Crippen molar-refractivity contribution in [2.24, 2.45) is 11.7 Å². The molecule has 0 aliphatic carbocycles. The van der Waals surface area contributed by atoms with Crippen LogP contribution in [0.15, 0.2) is 0 Å². The van der Waals surface area contributed by atoms with Crippen molar-refractivity contribution in [1.82, 2.24) is 5.32 Å². The minimum Gasteiger partial charge on any atom is -0.349 e. The smallest absolute Gasteiger partial charge is 0.277 e. The van der Waals surface area contributed by atoms with Crippen molar-refractivity contribution in [3.63, 3.8) is 0 Å². The maximum Gasteiger partial charge on any atom is 0.277 e. The predicted molar refractivity (Wildman–Crippen MR) is 60.5 cm³/mol. The van der Waals surface area contributed by atoms with Crippen molar-refractivity contribution >= 4 is 15.7 Å². The molecule has 0 aliphatic heterocycles. The number of nitrogens with two attached hydrogens (primary N) is 1. The number of hydrogen-bond donors (Lipinski definition) is 2. The fraction of sp³-hybridized carbons (Fsp3) is 0.889. The third kappa shape index (κ3) is 8.03. The summed E-state index contributed by atoms with van der Waals surface area (Å²) in [6.45, 7) is 1.54. The first kappa shape index (κ1) is 16.2. The summed E-state index contributed by atoms with van der Waals surface area (Å²) in [6.07, 6.45) is 0. The zero-order valence-corrected chi connectivity index (χ0v) is 10.7. The van der Waals surface area contributed by atoms with Crippen LogP contribution in [0, 0.1) is 5.92 Å². The molecule has 17 heavy (non-hydrogen) atoms. The molecule has 0 saturated carbocycles. The van der Waals surface area contributed by atoms with Crippen LogP contribution in [-0.4, -0.2) is 44.8 Å². The summed E-state index contributed by atoms with van der Waals surface area (Å²) in [5, 5.41) is 1.86. The third-order valence-corrected chi connectivity index (χ3v) is 3.66. The fourth-order valence-corrected chi connectivity index (χ4v) is 2.75. The van der Waals surface area contributed by atoms with Crippen LogP contribution in [0.5, 0.6) is 0 Å². The van der Waals surface area contributed by atoms with Crippen LogP contribution in [0.2, 0.25) is 0 Å². The first-order valence-electron chi connectivity index (χ1n) is 5.13. The van der Waals surface area contributed by atoms with Crippen molar-refractivity contribution in [2.45, 2.75) is 19.8 Å². The fourth-order valence-electron chi connectivity index (χ4n) is 1.12. The van der Waals surface area contributed by atoms with Gasteiger partial charge in [0.15, 0.2) is 9.84 Å². The number of carbonyl (C=O) groups excluding carboxylic acids is 1. The van der Waals surface area contributed by atoms with E-state index in [2.05, 4.69) is 0 Å². The maximum atomic E-state index is 12.7. The molecule has 0 bridgehead atoms. The van der Waals surface area contributed by atoms with E-state index in [1.165, 1.54) is 0 Å². The van der Waals surface area contributed by atoms with E-state index < -0.39 is 40.5 Å². The molecule has 1 amide bonds. The Morgan fingerprint density at radius 2 is 1.94 bits per heavy atom. The first-order valence-corrected chi connectivity index (χ1v) is 6.95. The average molecular weight is 272 g/mol. The van der Waals surface area contributed by atoms with Crippen molar-refractivity contribution in [3.05, 3.63) is 0 Å². The second-order valence-corrected chi connectivity index (χ2v) is 6.39. The van der Waals surface area contributed by atoms with E-state index in [1.54, 1.807) is 13.8 Å². The van der Waals surface area contributed by atoms with Gasteiger partial charge >= 0.3 is 0 Å². The van der Waals surface area contributed by atoms with Gasteiger partial charge < -0.3 is 11.1 Å². The summed E-state index contributed by atoms with van der Waals surface area (Å²) < 4.78 is 48.1. The molecule has 0 spiro atoms. The van der Waals surface area contributed by atoms with Crippen molar-refractivity contribution in [1.29, 1.82) is 0 Å². The zero-order valence-electron chi connectivity index (χ0n) is 9.87. The van der Waals surface area contributed by atoms with Gasteiger partial charge in [-0.05, 0) is 5.92 Å². The van der Waals surface area contributed by atoms with Gasteiger partial charge in [0, 0.05) is 0 Å². The highest BCUT2D eigenvalue weighted by molar-refractivity contribution is 7.92. The summed E-state index contributed by atoms with van der Waals surface area (Å²) in [5.41, 5.74) is 4.77. The molecular weight excluding hydrogens is 254 g/mol. The van der Waals surface area contributed by atoms with Gasteiger partial charge in [0.25, 0.3) is 5.92 Å². The number of hydrogen-bond acceptors (Lipinski definition) is 4. The largest absolute Gasteiger partial charge is 0.349 e. The van der Waals surface area contributed by atoms with Crippen LogP contribution in [0.3, 0.4) is 0 Å². The van der Waals surface area contributed by atoms with Crippen LogP contribution in [0.4, 0.5) is 8.78 Å². The normalized spacial score (nSPS) is 12.8. The van der Waals surface area contributed by atoms with Crippen molar-refractivity contribution in [2.75, 3.05) is 24.6 Å². The number of sulfone groups is 1. The topological polar surface area (TPSA) is 89.3 Å². The summed E-state index contributed by atoms with van der Waals surface area (Å²) in [5.74, 6) is -5.17. The van der Waals surface area contributed by atoms with E-state index in [0.717, 1.165) is 0 Å². The Morgan fingerprint density at radius 1 is 1.41 bits per heavy atom. The molecule has 3 N–H and O–H groups in total. The summed E-state index contributed by atoms with van der Waals surface area (Å²) in [6, 6.07) is 0. The van der Waals surface area contributed by atoms with Gasteiger partial charge in [0.2, 0.25) is 5.91 Å². The lowest BCUT2D eigenvalue weighted by atomic mass is 10.3. The standard InChI is InChI=1S/C9H18F2N2O3S/c1-7(2)3-17(15,16)4-8(14)13-6-9(10,11)5-12/h7H,3-6,12H2,1-2H3,(H,13,14). The Labute approximate surface area is 99.7 Å². The molecule has 0 unspecified atom stereocenters. The minimum atomic E-state index is -3.54. The highest BCUT2D eigenvalue weighted by Gasteiger charge is 2.28. The molecule has 0 aromatic rings. The quantitative estimate of drug-likeness (QED) is 0.670. The van der Waals surface area contributed by atoms with E-state index in [-0.39, 0.29) is 11.7 Å². The van der Waals surface area contributed by atoms with Gasteiger partial charge in [0.05, 0.1) is 18.8 Å². The van der Waals surface area contributed by atoms with Crippen LogP contribution in [0.1, 0.15) is 13.8 Å². The number of carbonyl (C=O) groups is 1. The minimum absolute atomic E-state index is 0.113. The van der Waals surface area contributed by atoms with Crippen LogP contribution in [-0.2, 0) is 14.6 Å². The Hall–Kier alpha value is -0.760. The molecule has 5 nitrogen and oxygen atoms in total. The molecule has 0 atom stereocenters. The molecule has 0 aromatic carbocycles. The maximum absolute atomic E-state index is 12.7. The Kier molecular flexibility index (Phi) is 5.97. The number of alkyl halides is 2.